The van der Waals surface area contributed by atoms with Crippen molar-refractivity contribution in [2.24, 2.45) is 0 Å². The molecule has 5 heteroatoms. The summed E-state index contributed by atoms with van der Waals surface area (Å²) < 4.78 is 0. The molecule has 3 rings (SSSR count). The minimum Gasteiger partial charge on any atom is -0.368 e. The van der Waals surface area contributed by atoms with Crippen LogP contribution in [0.4, 0.5) is 11.8 Å². The smallest absolute Gasteiger partial charge is 0.222 e. The molecule has 5 nitrogen and oxygen atoms in total. The van der Waals surface area contributed by atoms with Crippen LogP contribution in [0.5, 0.6) is 0 Å². The zero-order valence-electron chi connectivity index (χ0n) is 14.9. The Morgan fingerprint density at radius 3 is 2.42 bits per heavy atom. The average Bonchev–Trinajstić information content (AvgIpc) is 2.43. The lowest BCUT2D eigenvalue weighted by Gasteiger charge is -2.40. The van der Waals surface area contributed by atoms with E-state index in [2.05, 4.69) is 66.1 Å². The van der Waals surface area contributed by atoms with Crippen LogP contribution in [0.3, 0.4) is 0 Å². The first-order valence-corrected chi connectivity index (χ1v) is 8.40. The Bertz CT molecular complexity index is 699. The number of rotatable bonds is 5. The molecule has 3 N–H and O–H groups in total. The number of anilines is 2. The third kappa shape index (κ3) is 4.03. The van der Waals surface area contributed by atoms with E-state index in [0.717, 1.165) is 36.7 Å². The number of nitrogen functional groups attached to an aromatic ring is 1. The van der Waals surface area contributed by atoms with E-state index in [1.54, 1.807) is 0 Å². The van der Waals surface area contributed by atoms with E-state index in [-0.39, 0.29) is 0 Å². The van der Waals surface area contributed by atoms with Crippen molar-refractivity contribution in [1.82, 2.24) is 14.9 Å². The van der Waals surface area contributed by atoms with Gasteiger partial charge in [0.1, 0.15) is 5.82 Å². The standard InChI is InChI=1S/C19H26N5/c1-12(2)9-24-10-16(11-24)21-18-8-17(22-19(20)23-18)15-6-13(3)5-14(4)7-15/h5-8,16H,9-11H2,1-4H3,(H3,20,21,22,23). The molecule has 0 unspecified atom stereocenters. The molecular weight excluding hydrogens is 298 g/mol. The average molecular weight is 324 g/mol. The maximum atomic E-state index is 5.93. The van der Waals surface area contributed by atoms with Crippen molar-refractivity contribution in [3.63, 3.8) is 0 Å². The van der Waals surface area contributed by atoms with Crippen LogP contribution in [-0.2, 0) is 0 Å². The molecule has 1 radical (unpaired) electrons. The van der Waals surface area contributed by atoms with Crippen LogP contribution in [0.1, 0.15) is 25.0 Å². The summed E-state index contributed by atoms with van der Waals surface area (Å²) in [6, 6.07) is 8.83. The SMILES string of the molecule is C[C](C)CN1CC(Nc2cc(-c3cc(C)cc(C)c3)nc(N)n2)C1. The molecule has 2 aromatic rings. The maximum absolute atomic E-state index is 5.93. The lowest BCUT2D eigenvalue weighted by Crippen LogP contribution is -2.55. The first-order chi connectivity index (χ1) is 11.4. The van der Waals surface area contributed by atoms with Crippen molar-refractivity contribution in [2.75, 3.05) is 30.7 Å². The highest BCUT2D eigenvalue weighted by molar-refractivity contribution is 5.65. The van der Waals surface area contributed by atoms with Crippen molar-refractivity contribution in [3.05, 3.63) is 41.3 Å². The second-order valence-corrected chi connectivity index (χ2v) is 7.12. The summed E-state index contributed by atoms with van der Waals surface area (Å²) in [6.07, 6.45) is 0. The number of hydrogen-bond donors (Lipinski definition) is 2. The zero-order valence-corrected chi connectivity index (χ0v) is 14.9. The predicted octanol–water partition coefficient (Wildman–Crippen LogP) is 3.05. The second-order valence-electron chi connectivity index (χ2n) is 7.12. The van der Waals surface area contributed by atoms with Gasteiger partial charge < -0.3 is 11.1 Å². The summed E-state index contributed by atoms with van der Waals surface area (Å²) in [7, 11) is 0. The summed E-state index contributed by atoms with van der Waals surface area (Å²) in [4.78, 5) is 11.2. The van der Waals surface area contributed by atoms with Gasteiger partial charge in [0.2, 0.25) is 5.95 Å². The zero-order chi connectivity index (χ0) is 17.3. The van der Waals surface area contributed by atoms with E-state index >= 15 is 0 Å². The van der Waals surface area contributed by atoms with Gasteiger partial charge in [-0.25, -0.2) is 4.98 Å². The van der Waals surface area contributed by atoms with Gasteiger partial charge in [0.05, 0.1) is 11.7 Å². The topological polar surface area (TPSA) is 67.1 Å². The molecule has 0 atom stereocenters. The van der Waals surface area contributed by atoms with Crippen molar-refractivity contribution in [3.8, 4) is 11.3 Å². The molecule has 0 spiro atoms. The van der Waals surface area contributed by atoms with Gasteiger partial charge in [-0.15, -0.1) is 0 Å². The molecule has 2 heterocycles. The molecule has 1 aromatic carbocycles. The lowest BCUT2D eigenvalue weighted by atomic mass is 10.0. The third-order valence-corrected chi connectivity index (χ3v) is 4.11. The first kappa shape index (κ1) is 16.7. The van der Waals surface area contributed by atoms with E-state index in [4.69, 9.17) is 5.73 Å². The summed E-state index contributed by atoms with van der Waals surface area (Å²) in [5, 5.41) is 3.48. The van der Waals surface area contributed by atoms with Crippen LogP contribution in [0.2, 0.25) is 0 Å². The van der Waals surface area contributed by atoms with Crippen LogP contribution < -0.4 is 11.1 Å². The number of nitrogens with one attached hydrogen (secondary N) is 1. The van der Waals surface area contributed by atoms with Crippen molar-refractivity contribution in [1.29, 1.82) is 0 Å². The third-order valence-electron chi connectivity index (χ3n) is 4.11. The number of nitrogens with zero attached hydrogens (tertiary/aromatic N) is 3. The monoisotopic (exact) mass is 324 g/mol. The largest absolute Gasteiger partial charge is 0.368 e. The van der Waals surface area contributed by atoms with Crippen molar-refractivity contribution in [2.45, 2.75) is 33.7 Å². The van der Waals surface area contributed by atoms with Crippen molar-refractivity contribution >= 4 is 11.8 Å². The van der Waals surface area contributed by atoms with Gasteiger partial charge in [-0.2, -0.15) is 4.98 Å². The Balaban J connectivity index is 1.73. The predicted molar refractivity (Wildman–Crippen MR) is 99.8 cm³/mol. The normalized spacial score (nSPS) is 15.5. The van der Waals surface area contributed by atoms with Gasteiger partial charge >= 0.3 is 0 Å². The summed E-state index contributed by atoms with van der Waals surface area (Å²) in [5.74, 6) is 2.55. The van der Waals surface area contributed by atoms with E-state index in [9.17, 15) is 0 Å². The number of benzene rings is 1. The highest BCUT2D eigenvalue weighted by atomic mass is 15.3. The van der Waals surface area contributed by atoms with Crippen LogP contribution in [0.15, 0.2) is 24.3 Å². The fraction of sp³-hybridized carbons (Fsp3) is 0.421. The minimum atomic E-state index is 0.308. The first-order valence-electron chi connectivity index (χ1n) is 8.40. The van der Waals surface area contributed by atoms with Crippen LogP contribution in [0.25, 0.3) is 11.3 Å². The van der Waals surface area contributed by atoms with Crippen LogP contribution in [-0.4, -0.2) is 40.5 Å². The Morgan fingerprint density at radius 1 is 1.12 bits per heavy atom. The van der Waals surface area contributed by atoms with E-state index in [0.29, 0.717) is 12.0 Å². The fourth-order valence-electron chi connectivity index (χ4n) is 3.26. The Kier molecular flexibility index (Phi) is 4.71. The van der Waals surface area contributed by atoms with Crippen LogP contribution >= 0.6 is 0 Å². The highest BCUT2D eigenvalue weighted by Crippen LogP contribution is 2.24. The number of aromatic nitrogens is 2. The van der Waals surface area contributed by atoms with Gasteiger partial charge in [-0.1, -0.05) is 31.0 Å². The van der Waals surface area contributed by atoms with Gasteiger partial charge in [0.15, 0.2) is 0 Å². The minimum absolute atomic E-state index is 0.308. The molecule has 1 aromatic heterocycles. The Labute approximate surface area is 144 Å². The lowest BCUT2D eigenvalue weighted by molar-refractivity contribution is 0.169. The molecule has 0 aliphatic carbocycles. The van der Waals surface area contributed by atoms with Gasteiger partial charge in [0, 0.05) is 31.3 Å². The van der Waals surface area contributed by atoms with Gasteiger partial charge in [-0.05, 0) is 31.9 Å². The van der Waals surface area contributed by atoms with E-state index in [1.165, 1.54) is 17.0 Å². The molecule has 1 aliphatic heterocycles. The highest BCUT2D eigenvalue weighted by Gasteiger charge is 2.27. The van der Waals surface area contributed by atoms with Crippen molar-refractivity contribution < 1.29 is 0 Å². The summed E-state index contributed by atoms with van der Waals surface area (Å²) in [6.45, 7) is 11.7. The maximum Gasteiger partial charge on any atom is 0.222 e. The molecule has 127 valence electrons. The quantitative estimate of drug-likeness (QED) is 0.885. The Morgan fingerprint density at radius 2 is 1.79 bits per heavy atom. The molecule has 0 amide bonds. The summed E-state index contributed by atoms with van der Waals surface area (Å²) >= 11 is 0. The molecule has 1 saturated heterocycles. The number of nitrogens with two attached hydrogens (primary N) is 1. The van der Waals surface area contributed by atoms with E-state index < -0.39 is 0 Å². The molecule has 24 heavy (non-hydrogen) atoms. The van der Waals surface area contributed by atoms with E-state index in [1.807, 2.05) is 6.07 Å². The molecule has 1 aliphatic rings. The molecular formula is C19H26N5. The second kappa shape index (κ2) is 6.77. The number of hydrogen-bond acceptors (Lipinski definition) is 5. The fourth-order valence-corrected chi connectivity index (χ4v) is 3.26. The molecule has 0 bridgehead atoms. The van der Waals surface area contributed by atoms with Gasteiger partial charge in [0.25, 0.3) is 0 Å². The molecule has 0 saturated carbocycles. The summed E-state index contributed by atoms with van der Waals surface area (Å²) in [5.41, 5.74) is 10.3. The number of aryl methyl sites for hydroxylation is 2. The molecule has 1 fully saturated rings. The van der Waals surface area contributed by atoms with Gasteiger partial charge in [-0.3, -0.25) is 4.90 Å². The number of likely N-dealkylation sites (tertiary alicyclic amines) is 1. The Hall–Kier alpha value is -2.14. The van der Waals surface area contributed by atoms with Crippen LogP contribution in [0, 0.1) is 19.8 Å².